The molecule has 1 amide bonds. The summed E-state index contributed by atoms with van der Waals surface area (Å²) >= 11 is 0. The first kappa shape index (κ1) is 18.9. The van der Waals surface area contributed by atoms with Gasteiger partial charge in [0.2, 0.25) is 0 Å². The van der Waals surface area contributed by atoms with Gasteiger partial charge in [0.1, 0.15) is 6.61 Å². The van der Waals surface area contributed by atoms with Crippen molar-refractivity contribution in [1.29, 1.82) is 0 Å². The third kappa shape index (κ3) is 3.86. The molecule has 6 nitrogen and oxygen atoms in total. The Labute approximate surface area is 179 Å². The number of aromatic nitrogens is 3. The fraction of sp³-hybridized carbons (Fsp3) is 0.160. The van der Waals surface area contributed by atoms with Gasteiger partial charge in [-0.25, -0.2) is 9.78 Å². The molecule has 152 valence electrons. The van der Waals surface area contributed by atoms with E-state index in [4.69, 9.17) is 4.74 Å². The summed E-state index contributed by atoms with van der Waals surface area (Å²) in [7, 11) is 0. The van der Waals surface area contributed by atoms with Gasteiger partial charge in [-0.05, 0) is 28.3 Å². The van der Waals surface area contributed by atoms with Crippen LogP contribution in [0.3, 0.4) is 0 Å². The quantitative estimate of drug-likeness (QED) is 0.391. The van der Waals surface area contributed by atoms with Crippen molar-refractivity contribution in [3.05, 3.63) is 83.7 Å². The summed E-state index contributed by atoms with van der Waals surface area (Å²) in [6.45, 7) is 0.729. The van der Waals surface area contributed by atoms with Crippen molar-refractivity contribution in [2.45, 2.75) is 12.3 Å². The fourth-order valence-corrected chi connectivity index (χ4v) is 3.95. The molecule has 2 aromatic carbocycles. The van der Waals surface area contributed by atoms with E-state index in [2.05, 4.69) is 56.6 Å². The normalized spacial score (nSPS) is 12.0. The molecular formula is C25H20N4O2. The molecule has 6 heteroatoms. The number of benzene rings is 2. The number of nitrogens with zero attached hydrogens (tertiary/aromatic N) is 2. The summed E-state index contributed by atoms with van der Waals surface area (Å²) in [5.74, 6) is 6.16. The molecule has 1 aliphatic rings. The molecule has 2 N–H and O–H groups in total. The highest BCUT2D eigenvalue weighted by atomic mass is 16.5. The van der Waals surface area contributed by atoms with Gasteiger partial charge in [-0.15, -0.1) is 0 Å². The van der Waals surface area contributed by atoms with Crippen molar-refractivity contribution in [3.8, 4) is 23.0 Å². The van der Waals surface area contributed by atoms with Crippen LogP contribution in [0.15, 0.2) is 67.0 Å². The summed E-state index contributed by atoms with van der Waals surface area (Å²) in [4.78, 5) is 16.4. The van der Waals surface area contributed by atoms with Crippen molar-refractivity contribution < 1.29 is 9.53 Å². The smallest absolute Gasteiger partial charge is 0.407 e. The number of hydrogen-bond acceptors (Lipinski definition) is 4. The topological polar surface area (TPSA) is 79.9 Å². The highest BCUT2D eigenvalue weighted by molar-refractivity contribution is 5.79. The lowest BCUT2D eigenvalue weighted by Crippen LogP contribution is -2.26. The van der Waals surface area contributed by atoms with Gasteiger partial charge in [0.25, 0.3) is 0 Å². The summed E-state index contributed by atoms with van der Waals surface area (Å²) in [6, 6.07) is 18.5. The Balaban J connectivity index is 1.14. The Kier molecular flexibility index (Phi) is 5.07. The molecule has 2 heterocycles. The fourth-order valence-electron chi connectivity index (χ4n) is 3.95. The van der Waals surface area contributed by atoms with E-state index in [1.807, 2.05) is 30.3 Å². The second kappa shape index (κ2) is 8.33. The van der Waals surface area contributed by atoms with E-state index in [1.165, 1.54) is 22.3 Å². The largest absolute Gasteiger partial charge is 0.449 e. The first-order valence-corrected chi connectivity index (χ1v) is 10.2. The van der Waals surface area contributed by atoms with E-state index >= 15 is 0 Å². The number of amides is 1. The second-order valence-electron chi connectivity index (χ2n) is 7.34. The number of aromatic amines is 1. The number of nitrogens with one attached hydrogen (secondary N) is 2. The first-order chi connectivity index (χ1) is 15.3. The summed E-state index contributed by atoms with van der Waals surface area (Å²) < 4.78 is 5.53. The molecule has 31 heavy (non-hydrogen) atoms. The highest BCUT2D eigenvalue weighted by Crippen LogP contribution is 2.44. The van der Waals surface area contributed by atoms with Crippen LogP contribution in [0.5, 0.6) is 0 Å². The number of rotatable bonds is 4. The Morgan fingerprint density at radius 2 is 1.81 bits per heavy atom. The monoisotopic (exact) mass is 408 g/mol. The molecule has 1 aliphatic carbocycles. The van der Waals surface area contributed by atoms with Gasteiger partial charge in [-0.3, -0.25) is 5.10 Å². The zero-order valence-corrected chi connectivity index (χ0v) is 16.8. The van der Waals surface area contributed by atoms with Gasteiger partial charge in [0.05, 0.1) is 6.20 Å². The van der Waals surface area contributed by atoms with Crippen LogP contribution in [0.1, 0.15) is 29.0 Å². The number of pyridine rings is 1. The number of hydrogen-bond donors (Lipinski definition) is 2. The number of fused-ring (bicyclic) bond motifs is 4. The Morgan fingerprint density at radius 3 is 2.58 bits per heavy atom. The predicted octanol–water partition coefficient (Wildman–Crippen LogP) is 4.24. The molecule has 0 saturated heterocycles. The zero-order chi connectivity index (χ0) is 21.0. The third-order valence-electron chi connectivity index (χ3n) is 5.39. The second-order valence-corrected chi connectivity index (χ2v) is 7.34. The lowest BCUT2D eigenvalue weighted by Gasteiger charge is -2.14. The molecule has 0 saturated carbocycles. The molecule has 0 atom stereocenters. The molecule has 0 fully saturated rings. The Morgan fingerprint density at radius 1 is 1.06 bits per heavy atom. The molecule has 2 aromatic heterocycles. The van der Waals surface area contributed by atoms with Crippen LogP contribution in [0.2, 0.25) is 0 Å². The molecule has 0 unspecified atom stereocenters. The maximum absolute atomic E-state index is 12.2. The minimum atomic E-state index is -0.426. The van der Waals surface area contributed by atoms with Crippen LogP contribution in [0, 0.1) is 11.8 Å². The van der Waals surface area contributed by atoms with E-state index in [0.717, 1.165) is 16.6 Å². The lowest BCUT2D eigenvalue weighted by molar-refractivity contribution is 0.143. The van der Waals surface area contributed by atoms with Gasteiger partial charge < -0.3 is 10.1 Å². The van der Waals surface area contributed by atoms with Crippen LogP contribution in [-0.2, 0) is 4.74 Å². The predicted molar refractivity (Wildman–Crippen MR) is 118 cm³/mol. The van der Waals surface area contributed by atoms with E-state index in [0.29, 0.717) is 19.6 Å². The van der Waals surface area contributed by atoms with Crippen molar-refractivity contribution in [2.75, 3.05) is 13.2 Å². The lowest BCUT2D eigenvalue weighted by atomic mass is 9.98. The summed E-state index contributed by atoms with van der Waals surface area (Å²) in [5.41, 5.74) is 6.38. The maximum atomic E-state index is 12.2. The van der Waals surface area contributed by atoms with Crippen molar-refractivity contribution in [1.82, 2.24) is 20.5 Å². The molecule has 0 spiro atoms. The van der Waals surface area contributed by atoms with Crippen molar-refractivity contribution in [2.24, 2.45) is 0 Å². The minimum absolute atomic E-state index is 0.0586. The average molecular weight is 408 g/mol. The van der Waals surface area contributed by atoms with Gasteiger partial charge in [-0.2, -0.15) is 5.10 Å². The number of H-pyrrole nitrogens is 1. The van der Waals surface area contributed by atoms with E-state index < -0.39 is 6.09 Å². The summed E-state index contributed by atoms with van der Waals surface area (Å²) in [6.07, 6.45) is 3.51. The number of alkyl carbamates (subject to hydrolysis) is 1. The van der Waals surface area contributed by atoms with Gasteiger partial charge in [-0.1, -0.05) is 60.4 Å². The SMILES string of the molecule is O=C(NCCC#Cc1cnc2[nH]ncc2c1)OCC1c2ccccc2-c2ccccc21. The van der Waals surface area contributed by atoms with Gasteiger partial charge in [0.15, 0.2) is 5.65 Å². The number of carbonyl (C=O) groups excluding carboxylic acids is 1. The van der Waals surface area contributed by atoms with Crippen LogP contribution in [-0.4, -0.2) is 34.4 Å². The molecule has 0 radical (unpaired) electrons. The molecule has 0 aliphatic heterocycles. The zero-order valence-electron chi connectivity index (χ0n) is 16.8. The Bertz CT molecular complexity index is 1270. The van der Waals surface area contributed by atoms with E-state index in [-0.39, 0.29) is 5.92 Å². The first-order valence-electron chi connectivity index (χ1n) is 10.2. The molecule has 0 bridgehead atoms. The molecule has 4 aromatic rings. The van der Waals surface area contributed by atoms with Crippen LogP contribution in [0.4, 0.5) is 4.79 Å². The Hall–Kier alpha value is -4.11. The number of ether oxygens (including phenoxy) is 1. The summed E-state index contributed by atoms with van der Waals surface area (Å²) in [5, 5.41) is 10.4. The average Bonchev–Trinajstić information content (AvgIpc) is 3.40. The van der Waals surface area contributed by atoms with Crippen LogP contribution >= 0.6 is 0 Å². The van der Waals surface area contributed by atoms with Crippen molar-refractivity contribution >= 4 is 17.1 Å². The van der Waals surface area contributed by atoms with Crippen LogP contribution < -0.4 is 5.32 Å². The van der Waals surface area contributed by atoms with Gasteiger partial charge >= 0.3 is 6.09 Å². The number of carbonyl (C=O) groups is 1. The standard InChI is InChI=1S/C25H20N4O2/c30-25(26-12-6-5-7-17-13-18-15-28-29-24(18)27-14-17)31-16-23-21-10-3-1-8-19(21)20-9-2-4-11-22(20)23/h1-4,8-11,13-15,23H,6,12,16H2,(H,26,30)(H,27,28,29). The van der Waals surface area contributed by atoms with Crippen LogP contribution in [0.25, 0.3) is 22.2 Å². The molecule has 5 rings (SSSR count). The highest BCUT2D eigenvalue weighted by Gasteiger charge is 2.28. The van der Waals surface area contributed by atoms with E-state index in [9.17, 15) is 4.79 Å². The van der Waals surface area contributed by atoms with Gasteiger partial charge in [0, 0.05) is 36.0 Å². The molecular weight excluding hydrogens is 388 g/mol. The van der Waals surface area contributed by atoms with Crippen molar-refractivity contribution in [3.63, 3.8) is 0 Å². The minimum Gasteiger partial charge on any atom is -0.449 e. The third-order valence-corrected chi connectivity index (χ3v) is 5.39. The van der Waals surface area contributed by atoms with E-state index in [1.54, 1.807) is 12.4 Å². The maximum Gasteiger partial charge on any atom is 0.407 e.